The van der Waals surface area contributed by atoms with Crippen LogP contribution in [0.2, 0.25) is 0 Å². The lowest BCUT2D eigenvalue weighted by molar-refractivity contribution is -0.146. The number of aromatic nitrogens is 4. The molecule has 0 unspecified atom stereocenters. The summed E-state index contributed by atoms with van der Waals surface area (Å²) in [5.74, 6) is -1.10. The van der Waals surface area contributed by atoms with Gasteiger partial charge in [-0.3, -0.25) is 4.90 Å². The van der Waals surface area contributed by atoms with Crippen LogP contribution in [0.1, 0.15) is 17.0 Å². The van der Waals surface area contributed by atoms with E-state index in [2.05, 4.69) is 51.4 Å². The third-order valence-corrected chi connectivity index (χ3v) is 4.78. The molecule has 142 valence electrons. The number of alkyl halides is 3. The number of hydrogen-bond donors (Lipinski definition) is 0. The first-order valence-electron chi connectivity index (χ1n) is 8.72. The zero-order chi connectivity index (χ0) is 19.0. The molecular weight excluding hydrogens is 357 g/mol. The van der Waals surface area contributed by atoms with Crippen molar-refractivity contribution >= 4 is 11.3 Å². The first-order valence-corrected chi connectivity index (χ1v) is 8.72. The quantitative estimate of drug-likeness (QED) is 0.704. The highest BCUT2D eigenvalue weighted by Gasteiger charge is 2.38. The Labute approximate surface area is 154 Å². The first kappa shape index (κ1) is 17.7. The van der Waals surface area contributed by atoms with Crippen LogP contribution in [0.15, 0.2) is 36.5 Å². The highest BCUT2D eigenvalue weighted by atomic mass is 19.4. The van der Waals surface area contributed by atoms with E-state index in [0.29, 0.717) is 18.8 Å². The molecule has 6 nitrogen and oxygen atoms in total. The van der Waals surface area contributed by atoms with Gasteiger partial charge in [-0.2, -0.15) is 22.8 Å². The second-order valence-electron chi connectivity index (χ2n) is 6.72. The molecule has 1 saturated heterocycles. The molecule has 3 heterocycles. The Kier molecular flexibility index (Phi) is 4.47. The Morgan fingerprint density at radius 2 is 1.67 bits per heavy atom. The molecule has 27 heavy (non-hydrogen) atoms. The third-order valence-electron chi connectivity index (χ3n) is 4.78. The Bertz CT molecular complexity index is 926. The van der Waals surface area contributed by atoms with E-state index in [9.17, 15) is 13.2 Å². The lowest BCUT2D eigenvalue weighted by Gasteiger charge is -2.36. The van der Waals surface area contributed by atoms with Crippen LogP contribution < -0.4 is 4.90 Å². The van der Waals surface area contributed by atoms with Crippen LogP contribution in [-0.4, -0.2) is 50.9 Å². The number of halogens is 3. The molecule has 9 heteroatoms. The maximum Gasteiger partial charge on any atom is 0.453 e. The highest BCUT2D eigenvalue weighted by Crippen LogP contribution is 2.30. The average Bonchev–Trinajstić information content (AvgIpc) is 3.09. The standard InChI is InChI=1S/C18H19F3N6/c1-13-2-4-14(5-3-13)12-25-8-10-26(11-9-25)15-6-7-22-27-16(15)23-24-17(27)18(19,20)21/h2-7H,8-12H2,1H3. The van der Waals surface area contributed by atoms with Gasteiger partial charge in [0.1, 0.15) is 0 Å². The van der Waals surface area contributed by atoms with Crippen LogP contribution in [0.3, 0.4) is 0 Å². The number of benzene rings is 1. The van der Waals surface area contributed by atoms with E-state index in [4.69, 9.17) is 0 Å². The van der Waals surface area contributed by atoms with Gasteiger partial charge in [0.05, 0.1) is 11.9 Å². The van der Waals surface area contributed by atoms with Gasteiger partial charge >= 0.3 is 6.18 Å². The van der Waals surface area contributed by atoms with Crippen LogP contribution in [0, 0.1) is 6.92 Å². The number of aryl methyl sites for hydroxylation is 1. The van der Waals surface area contributed by atoms with Gasteiger partial charge in [-0.15, -0.1) is 10.2 Å². The van der Waals surface area contributed by atoms with E-state index in [1.54, 1.807) is 6.07 Å². The van der Waals surface area contributed by atoms with Crippen molar-refractivity contribution in [2.24, 2.45) is 0 Å². The third kappa shape index (κ3) is 3.59. The number of fused-ring (bicyclic) bond motifs is 1. The summed E-state index contributed by atoms with van der Waals surface area (Å²) in [6.45, 7) is 5.99. The van der Waals surface area contributed by atoms with E-state index in [0.717, 1.165) is 24.1 Å². The topological polar surface area (TPSA) is 49.6 Å². The smallest absolute Gasteiger partial charge is 0.366 e. The molecule has 0 amide bonds. The molecule has 0 radical (unpaired) electrons. The monoisotopic (exact) mass is 376 g/mol. The summed E-state index contributed by atoms with van der Waals surface area (Å²) in [6.07, 6.45) is -3.22. The van der Waals surface area contributed by atoms with Gasteiger partial charge in [0.2, 0.25) is 5.65 Å². The number of rotatable bonds is 3. The van der Waals surface area contributed by atoms with E-state index in [-0.39, 0.29) is 5.65 Å². The molecule has 0 spiro atoms. The molecule has 0 atom stereocenters. The van der Waals surface area contributed by atoms with Gasteiger partial charge in [-0.05, 0) is 18.6 Å². The number of hydrogen-bond acceptors (Lipinski definition) is 5. The highest BCUT2D eigenvalue weighted by molar-refractivity contribution is 5.68. The Hall–Kier alpha value is -2.68. The molecule has 1 aliphatic heterocycles. The maximum atomic E-state index is 13.0. The van der Waals surface area contributed by atoms with Gasteiger partial charge in [0.15, 0.2) is 0 Å². The minimum Gasteiger partial charge on any atom is -0.366 e. The summed E-state index contributed by atoms with van der Waals surface area (Å²) in [6, 6.07) is 10.2. The lowest BCUT2D eigenvalue weighted by Crippen LogP contribution is -2.46. The second kappa shape index (κ2) is 6.80. The molecule has 4 rings (SSSR count). The normalized spacial score (nSPS) is 16.2. The van der Waals surface area contributed by atoms with E-state index >= 15 is 0 Å². The number of nitrogens with zero attached hydrogens (tertiary/aromatic N) is 6. The van der Waals surface area contributed by atoms with Crippen molar-refractivity contribution in [3.63, 3.8) is 0 Å². The van der Waals surface area contributed by atoms with Gasteiger partial charge in [0.25, 0.3) is 5.82 Å². The zero-order valence-corrected chi connectivity index (χ0v) is 14.8. The first-order chi connectivity index (χ1) is 12.9. The summed E-state index contributed by atoms with van der Waals surface area (Å²) in [5, 5.41) is 10.8. The van der Waals surface area contributed by atoms with E-state index in [1.807, 2.05) is 4.90 Å². The molecule has 1 aromatic carbocycles. The fourth-order valence-electron chi connectivity index (χ4n) is 3.32. The molecule has 3 aromatic rings. The van der Waals surface area contributed by atoms with Crippen LogP contribution in [0.4, 0.5) is 18.9 Å². The fraction of sp³-hybridized carbons (Fsp3) is 0.389. The van der Waals surface area contributed by atoms with Gasteiger partial charge in [-0.1, -0.05) is 29.8 Å². The van der Waals surface area contributed by atoms with E-state index in [1.165, 1.54) is 17.3 Å². The molecule has 1 aliphatic rings. The zero-order valence-electron chi connectivity index (χ0n) is 14.8. The molecule has 2 aromatic heterocycles. The van der Waals surface area contributed by atoms with Crippen molar-refractivity contribution in [1.29, 1.82) is 0 Å². The van der Waals surface area contributed by atoms with Crippen molar-refractivity contribution in [2.45, 2.75) is 19.6 Å². The second-order valence-corrected chi connectivity index (χ2v) is 6.72. The van der Waals surface area contributed by atoms with Gasteiger partial charge in [0, 0.05) is 32.7 Å². The summed E-state index contributed by atoms with van der Waals surface area (Å²) < 4.78 is 39.8. The maximum absolute atomic E-state index is 13.0. The fourth-order valence-corrected chi connectivity index (χ4v) is 3.32. The molecule has 0 bridgehead atoms. The SMILES string of the molecule is Cc1ccc(CN2CCN(c3ccnn4c(C(F)(F)F)nnc34)CC2)cc1. The summed E-state index contributed by atoms with van der Waals surface area (Å²) in [4.78, 5) is 4.38. The molecule has 0 N–H and O–H groups in total. The minimum absolute atomic E-state index is 0.136. The summed E-state index contributed by atoms with van der Waals surface area (Å²) in [7, 11) is 0. The number of piperazine rings is 1. The van der Waals surface area contributed by atoms with Crippen molar-refractivity contribution in [3.8, 4) is 0 Å². The lowest BCUT2D eigenvalue weighted by atomic mass is 10.1. The van der Waals surface area contributed by atoms with Crippen molar-refractivity contribution in [1.82, 2.24) is 24.7 Å². The van der Waals surface area contributed by atoms with Crippen LogP contribution in [-0.2, 0) is 12.7 Å². The molecule has 0 saturated carbocycles. The predicted octanol–water partition coefficient (Wildman–Crippen LogP) is 2.77. The van der Waals surface area contributed by atoms with Crippen LogP contribution >= 0.6 is 0 Å². The van der Waals surface area contributed by atoms with Crippen molar-refractivity contribution < 1.29 is 13.2 Å². The molecule has 1 fully saturated rings. The summed E-state index contributed by atoms with van der Waals surface area (Å²) in [5.41, 5.74) is 3.25. The minimum atomic E-state index is -4.59. The summed E-state index contributed by atoms with van der Waals surface area (Å²) >= 11 is 0. The predicted molar refractivity (Wildman–Crippen MR) is 94.5 cm³/mol. The average molecular weight is 376 g/mol. The van der Waals surface area contributed by atoms with Crippen molar-refractivity contribution in [3.05, 3.63) is 53.5 Å². The Morgan fingerprint density at radius 3 is 2.33 bits per heavy atom. The Balaban J connectivity index is 1.48. The van der Waals surface area contributed by atoms with Crippen molar-refractivity contribution in [2.75, 3.05) is 31.1 Å². The number of anilines is 1. The largest absolute Gasteiger partial charge is 0.453 e. The van der Waals surface area contributed by atoms with Crippen LogP contribution in [0.25, 0.3) is 5.65 Å². The van der Waals surface area contributed by atoms with Gasteiger partial charge < -0.3 is 4.90 Å². The molecular formula is C18H19F3N6. The Morgan fingerprint density at radius 1 is 0.963 bits per heavy atom. The van der Waals surface area contributed by atoms with Gasteiger partial charge in [-0.25, -0.2) is 0 Å². The molecule has 0 aliphatic carbocycles. The van der Waals surface area contributed by atoms with E-state index < -0.39 is 12.0 Å². The van der Waals surface area contributed by atoms with Crippen LogP contribution in [0.5, 0.6) is 0 Å².